The van der Waals surface area contributed by atoms with E-state index in [0.717, 1.165) is 5.56 Å². The summed E-state index contributed by atoms with van der Waals surface area (Å²) in [5, 5.41) is 12.8. The topological polar surface area (TPSA) is 75.3 Å². The SMILES string of the molecule is Nc1c(NCc2cccc(Cl)c2)cccc1C(=O)O. The number of rotatable bonds is 4. The smallest absolute Gasteiger partial charge is 0.337 e. The first kappa shape index (κ1) is 13.2. The molecule has 2 aromatic carbocycles. The summed E-state index contributed by atoms with van der Waals surface area (Å²) in [6.45, 7) is 0.522. The highest BCUT2D eigenvalue weighted by Gasteiger charge is 2.10. The second kappa shape index (κ2) is 5.63. The zero-order valence-corrected chi connectivity index (χ0v) is 10.8. The number of carbonyl (C=O) groups is 1. The van der Waals surface area contributed by atoms with Gasteiger partial charge in [-0.3, -0.25) is 0 Å². The van der Waals surface area contributed by atoms with Crippen molar-refractivity contribution in [3.05, 3.63) is 58.6 Å². The van der Waals surface area contributed by atoms with Crippen LogP contribution in [0.5, 0.6) is 0 Å². The predicted molar refractivity (Wildman–Crippen MR) is 76.6 cm³/mol. The van der Waals surface area contributed by atoms with E-state index in [1.165, 1.54) is 6.07 Å². The largest absolute Gasteiger partial charge is 0.478 e. The third-order valence-electron chi connectivity index (χ3n) is 2.71. The molecule has 0 fully saturated rings. The predicted octanol–water partition coefficient (Wildman–Crippen LogP) is 3.23. The maximum Gasteiger partial charge on any atom is 0.337 e. The molecule has 0 aliphatic carbocycles. The van der Waals surface area contributed by atoms with Crippen molar-refractivity contribution in [2.24, 2.45) is 0 Å². The number of hydrogen-bond donors (Lipinski definition) is 3. The molecule has 19 heavy (non-hydrogen) atoms. The lowest BCUT2D eigenvalue weighted by Gasteiger charge is -2.11. The Morgan fingerprint density at radius 3 is 2.68 bits per heavy atom. The van der Waals surface area contributed by atoms with Crippen LogP contribution in [-0.2, 0) is 6.54 Å². The Hall–Kier alpha value is -2.20. The maximum absolute atomic E-state index is 11.0. The van der Waals surface area contributed by atoms with E-state index in [4.69, 9.17) is 22.4 Å². The summed E-state index contributed by atoms with van der Waals surface area (Å²) in [5.74, 6) is -1.04. The molecule has 2 aromatic rings. The number of carboxylic acids is 1. The van der Waals surface area contributed by atoms with Crippen LogP contribution in [-0.4, -0.2) is 11.1 Å². The van der Waals surface area contributed by atoms with E-state index in [9.17, 15) is 4.79 Å². The van der Waals surface area contributed by atoms with Crippen LogP contribution in [0, 0.1) is 0 Å². The fraction of sp³-hybridized carbons (Fsp3) is 0.0714. The number of nitrogens with two attached hydrogens (primary N) is 1. The molecule has 4 nitrogen and oxygen atoms in total. The highest BCUT2D eigenvalue weighted by molar-refractivity contribution is 6.30. The van der Waals surface area contributed by atoms with Gasteiger partial charge in [-0.05, 0) is 29.8 Å². The highest BCUT2D eigenvalue weighted by Crippen LogP contribution is 2.23. The summed E-state index contributed by atoms with van der Waals surface area (Å²) in [7, 11) is 0. The minimum absolute atomic E-state index is 0.0936. The van der Waals surface area contributed by atoms with Crippen molar-refractivity contribution in [1.29, 1.82) is 0 Å². The number of anilines is 2. The summed E-state index contributed by atoms with van der Waals surface area (Å²) in [5.41, 5.74) is 7.73. The molecular weight excluding hydrogens is 264 g/mol. The number of para-hydroxylation sites is 1. The van der Waals surface area contributed by atoms with Crippen molar-refractivity contribution < 1.29 is 9.90 Å². The molecule has 98 valence electrons. The second-order valence-electron chi connectivity index (χ2n) is 4.06. The Labute approximate surface area is 115 Å². The van der Waals surface area contributed by atoms with Crippen molar-refractivity contribution in [3.8, 4) is 0 Å². The van der Waals surface area contributed by atoms with Crippen LogP contribution in [0.1, 0.15) is 15.9 Å². The van der Waals surface area contributed by atoms with Crippen LogP contribution in [0.3, 0.4) is 0 Å². The molecule has 0 unspecified atom stereocenters. The fourth-order valence-electron chi connectivity index (χ4n) is 1.75. The van der Waals surface area contributed by atoms with E-state index in [-0.39, 0.29) is 11.3 Å². The molecule has 0 radical (unpaired) electrons. The molecule has 0 bridgehead atoms. The molecule has 4 N–H and O–H groups in total. The van der Waals surface area contributed by atoms with Gasteiger partial charge in [0, 0.05) is 11.6 Å². The lowest BCUT2D eigenvalue weighted by atomic mass is 10.1. The lowest BCUT2D eigenvalue weighted by Crippen LogP contribution is -2.07. The minimum atomic E-state index is -1.04. The van der Waals surface area contributed by atoms with E-state index in [0.29, 0.717) is 17.3 Å². The molecule has 0 spiro atoms. The summed E-state index contributed by atoms with van der Waals surface area (Å²) < 4.78 is 0. The van der Waals surface area contributed by atoms with E-state index in [1.807, 2.05) is 18.2 Å². The van der Waals surface area contributed by atoms with E-state index in [1.54, 1.807) is 18.2 Å². The number of carboxylic acid groups (broad SMARTS) is 1. The van der Waals surface area contributed by atoms with Crippen molar-refractivity contribution in [2.45, 2.75) is 6.54 Å². The minimum Gasteiger partial charge on any atom is -0.478 e. The van der Waals surface area contributed by atoms with Crippen LogP contribution in [0.2, 0.25) is 5.02 Å². The van der Waals surface area contributed by atoms with Gasteiger partial charge in [0.1, 0.15) is 0 Å². The molecular formula is C14H13ClN2O2. The Bertz CT molecular complexity index is 614. The average molecular weight is 277 g/mol. The van der Waals surface area contributed by atoms with Gasteiger partial charge >= 0.3 is 5.97 Å². The van der Waals surface area contributed by atoms with Crippen molar-refractivity contribution in [1.82, 2.24) is 0 Å². The molecule has 5 heteroatoms. The monoisotopic (exact) mass is 276 g/mol. The van der Waals surface area contributed by atoms with Crippen LogP contribution in [0.15, 0.2) is 42.5 Å². The van der Waals surface area contributed by atoms with Gasteiger partial charge in [-0.1, -0.05) is 29.8 Å². The van der Waals surface area contributed by atoms with Gasteiger partial charge in [0.2, 0.25) is 0 Å². The Morgan fingerprint density at radius 1 is 1.26 bits per heavy atom. The summed E-state index contributed by atoms with van der Waals surface area (Å²) in [6, 6.07) is 12.3. The van der Waals surface area contributed by atoms with Gasteiger partial charge < -0.3 is 16.2 Å². The molecule has 0 saturated heterocycles. The molecule has 0 aliphatic heterocycles. The number of nitrogens with one attached hydrogen (secondary N) is 1. The van der Waals surface area contributed by atoms with Crippen molar-refractivity contribution >= 4 is 28.9 Å². The maximum atomic E-state index is 11.0. The van der Waals surface area contributed by atoms with E-state index < -0.39 is 5.97 Å². The highest BCUT2D eigenvalue weighted by atomic mass is 35.5. The van der Waals surface area contributed by atoms with Gasteiger partial charge in [0.15, 0.2) is 0 Å². The Kier molecular flexibility index (Phi) is 3.92. The first-order valence-corrected chi connectivity index (χ1v) is 6.06. The normalized spacial score (nSPS) is 10.2. The van der Waals surface area contributed by atoms with Crippen molar-refractivity contribution in [2.75, 3.05) is 11.1 Å². The van der Waals surface area contributed by atoms with Gasteiger partial charge in [0.25, 0.3) is 0 Å². The molecule has 0 saturated carbocycles. The first-order valence-electron chi connectivity index (χ1n) is 5.68. The van der Waals surface area contributed by atoms with Gasteiger partial charge in [-0.15, -0.1) is 0 Å². The molecule has 0 amide bonds. The quantitative estimate of drug-likeness (QED) is 0.750. The van der Waals surface area contributed by atoms with E-state index >= 15 is 0 Å². The number of halogens is 1. The average Bonchev–Trinajstić information content (AvgIpc) is 2.37. The first-order chi connectivity index (χ1) is 9.08. The van der Waals surface area contributed by atoms with Gasteiger partial charge in [-0.25, -0.2) is 4.79 Å². The Morgan fingerprint density at radius 2 is 2.00 bits per heavy atom. The number of aromatic carboxylic acids is 1. The fourth-order valence-corrected chi connectivity index (χ4v) is 1.96. The number of hydrogen-bond acceptors (Lipinski definition) is 3. The van der Waals surface area contributed by atoms with Gasteiger partial charge in [0.05, 0.1) is 16.9 Å². The molecule has 2 rings (SSSR count). The van der Waals surface area contributed by atoms with Gasteiger partial charge in [-0.2, -0.15) is 0 Å². The molecule has 0 aliphatic rings. The van der Waals surface area contributed by atoms with Crippen LogP contribution >= 0.6 is 11.6 Å². The molecule has 0 heterocycles. The number of benzene rings is 2. The summed E-state index contributed by atoms with van der Waals surface area (Å²) in [6.07, 6.45) is 0. The van der Waals surface area contributed by atoms with Crippen LogP contribution in [0.25, 0.3) is 0 Å². The summed E-state index contributed by atoms with van der Waals surface area (Å²) >= 11 is 5.89. The number of nitrogen functional groups attached to an aromatic ring is 1. The third kappa shape index (κ3) is 3.17. The third-order valence-corrected chi connectivity index (χ3v) is 2.94. The van der Waals surface area contributed by atoms with E-state index in [2.05, 4.69) is 5.32 Å². The lowest BCUT2D eigenvalue weighted by molar-refractivity contribution is 0.0698. The zero-order valence-electron chi connectivity index (χ0n) is 10.1. The van der Waals surface area contributed by atoms with Crippen LogP contribution in [0.4, 0.5) is 11.4 Å². The zero-order chi connectivity index (χ0) is 13.8. The Balaban J connectivity index is 2.16. The van der Waals surface area contributed by atoms with Crippen LogP contribution < -0.4 is 11.1 Å². The second-order valence-corrected chi connectivity index (χ2v) is 4.49. The standard InChI is InChI=1S/C14H13ClN2O2/c15-10-4-1-3-9(7-10)8-17-12-6-2-5-11(13(12)16)14(18)19/h1-7,17H,8,16H2,(H,18,19). The molecule has 0 aromatic heterocycles. The summed E-state index contributed by atoms with van der Waals surface area (Å²) in [4.78, 5) is 11.0. The van der Waals surface area contributed by atoms with Crippen molar-refractivity contribution in [3.63, 3.8) is 0 Å². The molecule has 0 atom stereocenters.